The van der Waals surface area contributed by atoms with Crippen LogP contribution in [0.4, 0.5) is 26.3 Å². The molecule has 158 valence electrons. The maximum Gasteiger partial charge on any atom is 0.416 e. The molecule has 0 aromatic heterocycles. The van der Waals surface area contributed by atoms with Gasteiger partial charge in [0.1, 0.15) is 0 Å². The first-order valence-electron chi connectivity index (χ1n) is 8.92. The number of halogens is 6. The second kappa shape index (κ2) is 8.10. The first-order valence-corrected chi connectivity index (χ1v) is 8.92. The van der Waals surface area contributed by atoms with Crippen molar-refractivity contribution >= 4 is 17.9 Å². The Bertz CT molecular complexity index is 937. The zero-order valence-electron chi connectivity index (χ0n) is 15.8. The molecule has 0 N–H and O–H groups in total. The number of rotatable bonds is 2. The van der Waals surface area contributed by atoms with Crippen molar-refractivity contribution in [1.82, 2.24) is 4.90 Å². The number of alkyl halides is 6. The van der Waals surface area contributed by atoms with Gasteiger partial charge in [-0.15, -0.1) is 0 Å². The maximum atomic E-state index is 12.9. The molecule has 0 unspecified atom stereocenters. The highest BCUT2D eigenvalue weighted by Gasteiger charge is 2.31. The molecule has 0 spiro atoms. The van der Waals surface area contributed by atoms with E-state index in [1.807, 2.05) is 0 Å². The first kappa shape index (κ1) is 21.8. The van der Waals surface area contributed by atoms with Crippen LogP contribution in [0.2, 0.25) is 0 Å². The van der Waals surface area contributed by atoms with Gasteiger partial charge in [-0.05, 0) is 54.6 Å². The smallest absolute Gasteiger partial charge is 0.298 e. The van der Waals surface area contributed by atoms with Crippen LogP contribution in [0.25, 0.3) is 12.2 Å². The highest BCUT2D eigenvalue weighted by molar-refractivity contribution is 6.14. The van der Waals surface area contributed by atoms with Crippen molar-refractivity contribution in [3.63, 3.8) is 0 Å². The van der Waals surface area contributed by atoms with Crippen LogP contribution in [0.15, 0.2) is 59.7 Å². The normalized spacial score (nSPS) is 19.0. The monoisotopic (exact) mass is 425 g/mol. The van der Waals surface area contributed by atoms with Crippen LogP contribution in [0, 0.1) is 0 Å². The third-order valence-electron chi connectivity index (χ3n) is 4.57. The molecule has 8 heteroatoms. The van der Waals surface area contributed by atoms with Crippen molar-refractivity contribution in [3.05, 3.63) is 81.9 Å². The summed E-state index contributed by atoms with van der Waals surface area (Å²) < 4.78 is 77.5. The van der Waals surface area contributed by atoms with E-state index in [0.717, 1.165) is 24.3 Å². The summed E-state index contributed by atoms with van der Waals surface area (Å²) in [6.07, 6.45) is -6.24. The Morgan fingerprint density at radius 2 is 1.17 bits per heavy atom. The third-order valence-corrected chi connectivity index (χ3v) is 4.57. The molecule has 30 heavy (non-hydrogen) atoms. The van der Waals surface area contributed by atoms with Gasteiger partial charge >= 0.3 is 12.4 Å². The Morgan fingerprint density at radius 1 is 0.767 bits per heavy atom. The lowest BCUT2D eigenvalue weighted by atomic mass is 9.94. The molecule has 3 rings (SSSR count). The zero-order chi connectivity index (χ0) is 22.1. The van der Waals surface area contributed by atoms with E-state index in [1.165, 1.54) is 36.4 Å². The Kier molecular flexibility index (Phi) is 5.90. The Labute approximate surface area is 169 Å². The van der Waals surface area contributed by atoms with Crippen LogP contribution in [0.5, 0.6) is 0 Å². The van der Waals surface area contributed by atoms with Crippen molar-refractivity contribution < 1.29 is 31.1 Å². The van der Waals surface area contributed by atoms with E-state index in [-0.39, 0.29) is 35.4 Å². The molecule has 2 nitrogen and oxygen atoms in total. The lowest BCUT2D eigenvalue weighted by molar-refractivity contribution is -0.138. The summed E-state index contributed by atoms with van der Waals surface area (Å²) in [4.78, 5) is 14.6. The zero-order valence-corrected chi connectivity index (χ0v) is 15.8. The minimum Gasteiger partial charge on any atom is -0.298 e. The number of carbonyl (C=O) groups is 1. The molecule has 0 radical (unpaired) electrons. The predicted molar refractivity (Wildman–Crippen MR) is 101 cm³/mol. The SMILES string of the molecule is CN1C/C(=C/c2cccc(C(F)(F)F)c2)C(=O)/C(=C/c2cccc(C(F)(F)F)c2)C1. The molecule has 2 aromatic rings. The van der Waals surface area contributed by atoms with E-state index in [1.54, 1.807) is 11.9 Å². The fourth-order valence-electron chi connectivity index (χ4n) is 3.22. The summed E-state index contributed by atoms with van der Waals surface area (Å²) in [5.41, 5.74) is -0.673. The van der Waals surface area contributed by atoms with Crippen LogP contribution < -0.4 is 0 Å². The van der Waals surface area contributed by atoms with Gasteiger partial charge in [-0.3, -0.25) is 9.69 Å². The van der Waals surface area contributed by atoms with E-state index in [4.69, 9.17) is 0 Å². The Morgan fingerprint density at radius 3 is 1.53 bits per heavy atom. The lowest BCUT2D eigenvalue weighted by Gasteiger charge is -2.26. The number of benzene rings is 2. The van der Waals surface area contributed by atoms with E-state index < -0.39 is 29.3 Å². The van der Waals surface area contributed by atoms with Gasteiger partial charge < -0.3 is 0 Å². The van der Waals surface area contributed by atoms with Crippen LogP contribution in [-0.2, 0) is 17.1 Å². The van der Waals surface area contributed by atoms with E-state index >= 15 is 0 Å². The second-order valence-corrected chi connectivity index (χ2v) is 7.09. The van der Waals surface area contributed by atoms with Crippen LogP contribution in [-0.4, -0.2) is 30.8 Å². The molecule has 1 saturated heterocycles. The number of likely N-dealkylation sites (tertiary alicyclic amines) is 1. The summed E-state index contributed by atoms with van der Waals surface area (Å²) in [5.74, 6) is -0.400. The highest BCUT2D eigenvalue weighted by Crippen LogP contribution is 2.32. The Hall–Kier alpha value is -2.87. The summed E-state index contributed by atoms with van der Waals surface area (Å²) in [7, 11) is 1.71. The maximum absolute atomic E-state index is 12.9. The fraction of sp³-hybridized carbons (Fsp3) is 0.227. The molecule has 0 saturated carbocycles. The fourth-order valence-corrected chi connectivity index (χ4v) is 3.22. The van der Waals surface area contributed by atoms with Gasteiger partial charge in [0.15, 0.2) is 5.78 Å². The molecule has 0 bridgehead atoms. The molecule has 1 aliphatic heterocycles. The second-order valence-electron chi connectivity index (χ2n) is 7.09. The van der Waals surface area contributed by atoms with Gasteiger partial charge in [-0.1, -0.05) is 24.3 Å². The van der Waals surface area contributed by atoms with Crippen molar-refractivity contribution in [1.29, 1.82) is 0 Å². The van der Waals surface area contributed by atoms with Gasteiger partial charge in [-0.2, -0.15) is 26.3 Å². The lowest BCUT2D eigenvalue weighted by Crippen LogP contribution is -2.34. The number of Topliss-reactive ketones (excluding diaryl/α,β-unsaturated/α-hetero) is 1. The highest BCUT2D eigenvalue weighted by atomic mass is 19.4. The van der Waals surface area contributed by atoms with Crippen molar-refractivity contribution in [2.24, 2.45) is 0 Å². The molecular formula is C22H17F6NO. The predicted octanol–water partition coefficient (Wildman–Crippen LogP) is 5.71. The summed E-state index contributed by atoms with van der Waals surface area (Å²) >= 11 is 0. The number of hydrogen-bond donors (Lipinski definition) is 0. The van der Waals surface area contributed by atoms with Crippen molar-refractivity contribution in [2.75, 3.05) is 20.1 Å². The summed E-state index contributed by atoms with van der Waals surface area (Å²) in [5, 5.41) is 0. The standard InChI is InChI=1S/C22H17F6NO/c1-29-12-16(8-14-4-2-6-18(10-14)21(23,24)25)20(30)17(13-29)9-15-5-3-7-19(11-15)22(26,27)28/h2-11H,12-13H2,1H3/b16-8-,17-9+. The quantitative estimate of drug-likeness (QED) is 0.454. The van der Waals surface area contributed by atoms with E-state index in [2.05, 4.69) is 0 Å². The van der Waals surface area contributed by atoms with Gasteiger partial charge in [0.2, 0.25) is 0 Å². The molecule has 0 atom stereocenters. The minimum atomic E-state index is -4.50. The average molecular weight is 425 g/mol. The van der Waals surface area contributed by atoms with E-state index in [9.17, 15) is 31.1 Å². The van der Waals surface area contributed by atoms with Crippen molar-refractivity contribution in [2.45, 2.75) is 12.4 Å². The first-order chi connectivity index (χ1) is 13.9. The average Bonchev–Trinajstić information content (AvgIpc) is 2.64. The van der Waals surface area contributed by atoms with Gasteiger partial charge in [0.25, 0.3) is 0 Å². The largest absolute Gasteiger partial charge is 0.416 e. The molecule has 1 heterocycles. The minimum absolute atomic E-state index is 0.217. The number of likely N-dealkylation sites (N-methyl/N-ethyl adjacent to an activating group) is 1. The van der Waals surface area contributed by atoms with Gasteiger partial charge in [0.05, 0.1) is 11.1 Å². The number of carbonyl (C=O) groups excluding carboxylic acids is 1. The van der Waals surface area contributed by atoms with Gasteiger partial charge in [-0.25, -0.2) is 0 Å². The number of piperidine rings is 1. The van der Waals surface area contributed by atoms with Crippen LogP contribution in [0.3, 0.4) is 0 Å². The number of ketones is 1. The topological polar surface area (TPSA) is 20.3 Å². The van der Waals surface area contributed by atoms with Crippen molar-refractivity contribution in [3.8, 4) is 0 Å². The number of hydrogen-bond acceptors (Lipinski definition) is 2. The molecule has 0 amide bonds. The van der Waals surface area contributed by atoms with E-state index in [0.29, 0.717) is 0 Å². The third kappa shape index (κ3) is 5.18. The molecule has 0 aliphatic carbocycles. The Balaban J connectivity index is 1.94. The summed E-state index contributed by atoms with van der Waals surface area (Å²) in [6, 6.07) is 9.21. The molecule has 1 fully saturated rings. The molecular weight excluding hydrogens is 408 g/mol. The van der Waals surface area contributed by atoms with Crippen LogP contribution >= 0.6 is 0 Å². The summed E-state index contributed by atoms with van der Waals surface area (Å²) in [6.45, 7) is 0.435. The molecule has 2 aromatic carbocycles. The number of nitrogens with zero attached hydrogens (tertiary/aromatic N) is 1. The molecule has 1 aliphatic rings. The van der Waals surface area contributed by atoms with Crippen LogP contribution in [0.1, 0.15) is 22.3 Å². The van der Waals surface area contributed by atoms with Gasteiger partial charge in [0, 0.05) is 24.2 Å².